The lowest BCUT2D eigenvalue weighted by molar-refractivity contribution is 0.876. The molecular formula is C12H16N4. The van der Waals surface area contributed by atoms with E-state index in [4.69, 9.17) is 0 Å². The van der Waals surface area contributed by atoms with E-state index >= 15 is 0 Å². The van der Waals surface area contributed by atoms with Gasteiger partial charge in [-0.05, 0) is 19.9 Å². The molecule has 0 aliphatic carbocycles. The molecule has 4 heteroatoms. The number of rotatable bonds is 3. The van der Waals surface area contributed by atoms with Gasteiger partial charge in [0.05, 0.1) is 11.7 Å². The second kappa shape index (κ2) is 4.43. The van der Waals surface area contributed by atoms with E-state index in [0.717, 1.165) is 29.0 Å². The Bertz CT molecular complexity index is 493. The number of anilines is 1. The molecule has 0 aliphatic heterocycles. The lowest BCUT2D eigenvalue weighted by atomic mass is 10.2. The molecule has 2 aromatic heterocycles. The summed E-state index contributed by atoms with van der Waals surface area (Å²) in [6, 6.07) is 2.30. The predicted molar refractivity (Wildman–Crippen MR) is 65.5 cm³/mol. The standard InChI is InChI=1S/C12H16N4/c1-4-11-15-10-7-13-6-5-9(10)12(16-11)14-8(2)3/h5-8H,4H2,1-3H3,(H,14,15,16). The topological polar surface area (TPSA) is 50.7 Å². The molecule has 0 radical (unpaired) electrons. The van der Waals surface area contributed by atoms with Crippen molar-refractivity contribution >= 4 is 16.7 Å². The molecule has 4 nitrogen and oxygen atoms in total. The van der Waals surface area contributed by atoms with E-state index in [2.05, 4.69) is 41.0 Å². The highest BCUT2D eigenvalue weighted by Gasteiger charge is 2.07. The zero-order valence-electron chi connectivity index (χ0n) is 9.86. The third kappa shape index (κ3) is 2.10. The molecule has 0 fully saturated rings. The molecule has 0 bridgehead atoms. The lowest BCUT2D eigenvalue weighted by Crippen LogP contribution is -2.12. The summed E-state index contributed by atoms with van der Waals surface area (Å²) in [5.41, 5.74) is 0.900. The number of nitrogens with one attached hydrogen (secondary N) is 1. The van der Waals surface area contributed by atoms with Gasteiger partial charge < -0.3 is 5.32 Å². The Kier molecular flexibility index (Phi) is 2.99. The first kappa shape index (κ1) is 10.8. The van der Waals surface area contributed by atoms with Crippen LogP contribution in [0.25, 0.3) is 10.9 Å². The van der Waals surface area contributed by atoms with Crippen LogP contribution in [0.15, 0.2) is 18.5 Å². The zero-order valence-corrected chi connectivity index (χ0v) is 9.86. The molecular weight excluding hydrogens is 200 g/mol. The highest BCUT2D eigenvalue weighted by Crippen LogP contribution is 2.19. The fourth-order valence-electron chi connectivity index (χ4n) is 1.57. The quantitative estimate of drug-likeness (QED) is 0.856. The largest absolute Gasteiger partial charge is 0.367 e. The van der Waals surface area contributed by atoms with Gasteiger partial charge >= 0.3 is 0 Å². The smallest absolute Gasteiger partial charge is 0.137 e. The van der Waals surface area contributed by atoms with Crippen molar-refractivity contribution in [2.24, 2.45) is 0 Å². The summed E-state index contributed by atoms with van der Waals surface area (Å²) in [5.74, 6) is 1.75. The van der Waals surface area contributed by atoms with Crippen molar-refractivity contribution in [1.82, 2.24) is 15.0 Å². The first-order chi connectivity index (χ1) is 7.70. The molecule has 2 aromatic rings. The molecule has 2 rings (SSSR count). The maximum absolute atomic E-state index is 4.51. The van der Waals surface area contributed by atoms with Crippen LogP contribution in [-0.2, 0) is 6.42 Å². The fraction of sp³-hybridized carbons (Fsp3) is 0.417. The van der Waals surface area contributed by atoms with Crippen molar-refractivity contribution in [3.05, 3.63) is 24.3 Å². The van der Waals surface area contributed by atoms with Crippen LogP contribution in [0, 0.1) is 0 Å². The van der Waals surface area contributed by atoms with Crippen molar-refractivity contribution in [3.63, 3.8) is 0 Å². The van der Waals surface area contributed by atoms with Gasteiger partial charge in [-0.25, -0.2) is 9.97 Å². The SMILES string of the molecule is CCc1nc(NC(C)C)c2ccncc2n1. The van der Waals surface area contributed by atoms with E-state index in [0.29, 0.717) is 6.04 Å². The molecule has 0 spiro atoms. The first-order valence-electron chi connectivity index (χ1n) is 5.58. The van der Waals surface area contributed by atoms with Crippen LogP contribution in [0.2, 0.25) is 0 Å². The normalized spacial score (nSPS) is 11.0. The van der Waals surface area contributed by atoms with Crippen LogP contribution >= 0.6 is 0 Å². The van der Waals surface area contributed by atoms with E-state index in [1.165, 1.54) is 0 Å². The van der Waals surface area contributed by atoms with Gasteiger partial charge in [0.15, 0.2) is 0 Å². The number of hydrogen-bond acceptors (Lipinski definition) is 4. The van der Waals surface area contributed by atoms with Gasteiger partial charge in [0.25, 0.3) is 0 Å². The summed E-state index contributed by atoms with van der Waals surface area (Å²) in [7, 11) is 0. The molecule has 0 saturated carbocycles. The van der Waals surface area contributed by atoms with E-state index in [9.17, 15) is 0 Å². The fourth-order valence-corrected chi connectivity index (χ4v) is 1.57. The van der Waals surface area contributed by atoms with E-state index in [1.54, 1.807) is 12.4 Å². The average Bonchev–Trinajstić information content (AvgIpc) is 2.28. The van der Waals surface area contributed by atoms with Gasteiger partial charge in [0.1, 0.15) is 11.6 Å². The number of hydrogen-bond donors (Lipinski definition) is 1. The van der Waals surface area contributed by atoms with Crippen molar-refractivity contribution in [1.29, 1.82) is 0 Å². The Morgan fingerprint density at radius 2 is 2.12 bits per heavy atom. The van der Waals surface area contributed by atoms with E-state index in [-0.39, 0.29) is 0 Å². The zero-order chi connectivity index (χ0) is 11.5. The summed E-state index contributed by atoms with van der Waals surface area (Å²) in [6.45, 7) is 6.25. The number of fused-ring (bicyclic) bond motifs is 1. The molecule has 0 atom stereocenters. The molecule has 0 saturated heterocycles. The van der Waals surface area contributed by atoms with Crippen molar-refractivity contribution in [2.45, 2.75) is 33.2 Å². The maximum Gasteiger partial charge on any atom is 0.137 e. The molecule has 0 unspecified atom stereocenters. The minimum atomic E-state index is 0.357. The second-order valence-electron chi connectivity index (χ2n) is 4.03. The van der Waals surface area contributed by atoms with Crippen LogP contribution < -0.4 is 5.32 Å². The highest BCUT2D eigenvalue weighted by molar-refractivity contribution is 5.88. The second-order valence-corrected chi connectivity index (χ2v) is 4.03. The van der Waals surface area contributed by atoms with Crippen LogP contribution in [0.3, 0.4) is 0 Å². The summed E-state index contributed by atoms with van der Waals surface area (Å²) >= 11 is 0. The Morgan fingerprint density at radius 3 is 2.81 bits per heavy atom. The number of aryl methyl sites for hydroxylation is 1. The third-order valence-electron chi connectivity index (χ3n) is 2.29. The van der Waals surface area contributed by atoms with Crippen molar-refractivity contribution < 1.29 is 0 Å². The summed E-state index contributed by atoms with van der Waals surface area (Å²) < 4.78 is 0. The first-order valence-corrected chi connectivity index (χ1v) is 5.58. The summed E-state index contributed by atoms with van der Waals surface area (Å²) in [4.78, 5) is 13.0. The molecule has 0 amide bonds. The Labute approximate surface area is 95.1 Å². The minimum Gasteiger partial charge on any atom is -0.367 e. The third-order valence-corrected chi connectivity index (χ3v) is 2.29. The highest BCUT2D eigenvalue weighted by atomic mass is 15.0. The van der Waals surface area contributed by atoms with Gasteiger partial charge in [0.2, 0.25) is 0 Å². The van der Waals surface area contributed by atoms with Crippen LogP contribution in [0.5, 0.6) is 0 Å². The van der Waals surface area contributed by atoms with Crippen molar-refractivity contribution in [2.75, 3.05) is 5.32 Å². The molecule has 0 aliphatic rings. The molecule has 2 heterocycles. The monoisotopic (exact) mass is 216 g/mol. The predicted octanol–water partition coefficient (Wildman–Crippen LogP) is 2.41. The van der Waals surface area contributed by atoms with E-state index < -0.39 is 0 Å². The van der Waals surface area contributed by atoms with Crippen LogP contribution in [-0.4, -0.2) is 21.0 Å². The number of nitrogens with zero attached hydrogens (tertiary/aromatic N) is 3. The molecule has 1 N–H and O–H groups in total. The van der Waals surface area contributed by atoms with Gasteiger partial charge in [0, 0.05) is 24.0 Å². The lowest BCUT2D eigenvalue weighted by Gasteiger charge is -2.12. The maximum atomic E-state index is 4.51. The van der Waals surface area contributed by atoms with Gasteiger partial charge in [-0.1, -0.05) is 6.92 Å². The molecule has 0 aromatic carbocycles. The number of pyridine rings is 1. The summed E-state index contributed by atoms with van der Waals surface area (Å²) in [5, 5.41) is 4.37. The minimum absolute atomic E-state index is 0.357. The molecule has 84 valence electrons. The van der Waals surface area contributed by atoms with Gasteiger partial charge in [-0.3, -0.25) is 4.98 Å². The van der Waals surface area contributed by atoms with Gasteiger partial charge in [-0.2, -0.15) is 0 Å². The van der Waals surface area contributed by atoms with Crippen molar-refractivity contribution in [3.8, 4) is 0 Å². The Hall–Kier alpha value is -1.71. The van der Waals surface area contributed by atoms with Crippen LogP contribution in [0.4, 0.5) is 5.82 Å². The summed E-state index contributed by atoms with van der Waals surface area (Å²) in [6.07, 6.45) is 4.38. The van der Waals surface area contributed by atoms with Gasteiger partial charge in [-0.15, -0.1) is 0 Å². The Morgan fingerprint density at radius 1 is 1.31 bits per heavy atom. The number of aromatic nitrogens is 3. The van der Waals surface area contributed by atoms with E-state index in [1.807, 2.05) is 6.07 Å². The average molecular weight is 216 g/mol. The molecule has 16 heavy (non-hydrogen) atoms. The van der Waals surface area contributed by atoms with Crippen LogP contribution in [0.1, 0.15) is 26.6 Å². The Balaban J connectivity index is 2.59.